The van der Waals surface area contributed by atoms with Gasteiger partial charge in [-0.1, -0.05) is 19.8 Å². The fraction of sp³-hybridized carbons (Fsp3) is 0.929. The summed E-state index contributed by atoms with van der Waals surface area (Å²) in [5, 5.41) is 6.55. The minimum atomic E-state index is 0.0765. The molecule has 0 spiro atoms. The van der Waals surface area contributed by atoms with E-state index in [9.17, 15) is 4.79 Å². The van der Waals surface area contributed by atoms with Gasteiger partial charge in [0.15, 0.2) is 0 Å². The Hall–Kier alpha value is -0.570. The van der Waals surface area contributed by atoms with E-state index in [0.29, 0.717) is 6.04 Å². The van der Waals surface area contributed by atoms with Gasteiger partial charge in [-0.3, -0.25) is 4.79 Å². The van der Waals surface area contributed by atoms with Gasteiger partial charge in [-0.25, -0.2) is 0 Å². The normalized spacial score (nSPS) is 34.3. The molecule has 1 unspecified atom stereocenters. The van der Waals surface area contributed by atoms with Gasteiger partial charge >= 0.3 is 0 Å². The summed E-state index contributed by atoms with van der Waals surface area (Å²) < 4.78 is 0. The molecule has 1 heterocycles. The van der Waals surface area contributed by atoms with Crippen molar-refractivity contribution in [2.45, 2.75) is 70.4 Å². The SMILES string of the molecule is CCC1CCC(NC(=O)C2CCCCN2)CC1. The fourth-order valence-corrected chi connectivity index (χ4v) is 3.09. The molecule has 0 bridgehead atoms. The highest BCUT2D eigenvalue weighted by Crippen LogP contribution is 2.26. The first-order valence-corrected chi connectivity index (χ1v) is 7.33. The van der Waals surface area contributed by atoms with Crippen molar-refractivity contribution in [1.82, 2.24) is 10.6 Å². The molecule has 17 heavy (non-hydrogen) atoms. The van der Waals surface area contributed by atoms with E-state index in [1.54, 1.807) is 0 Å². The lowest BCUT2D eigenvalue weighted by Gasteiger charge is -2.30. The highest BCUT2D eigenvalue weighted by atomic mass is 16.2. The zero-order chi connectivity index (χ0) is 12.1. The molecule has 0 radical (unpaired) electrons. The Bertz CT molecular complexity index is 241. The predicted molar refractivity (Wildman–Crippen MR) is 69.8 cm³/mol. The third-order valence-corrected chi connectivity index (χ3v) is 4.40. The van der Waals surface area contributed by atoms with Gasteiger partial charge in [0.1, 0.15) is 0 Å². The van der Waals surface area contributed by atoms with Crippen LogP contribution in [0.15, 0.2) is 0 Å². The van der Waals surface area contributed by atoms with Crippen LogP contribution in [0, 0.1) is 5.92 Å². The molecule has 2 N–H and O–H groups in total. The van der Waals surface area contributed by atoms with Crippen LogP contribution in [0.4, 0.5) is 0 Å². The Morgan fingerprint density at radius 3 is 2.53 bits per heavy atom. The lowest BCUT2D eigenvalue weighted by Crippen LogP contribution is -2.50. The van der Waals surface area contributed by atoms with Crippen LogP contribution in [0.3, 0.4) is 0 Å². The van der Waals surface area contributed by atoms with Crippen molar-refractivity contribution in [2.24, 2.45) is 5.92 Å². The number of carbonyl (C=O) groups is 1. The maximum atomic E-state index is 12.0. The van der Waals surface area contributed by atoms with Crippen molar-refractivity contribution in [2.75, 3.05) is 6.54 Å². The summed E-state index contributed by atoms with van der Waals surface area (Å²) >= 11 is 0. The molecule has 1 aliphatic heterocycles. The van der Waals surface area contributed by atoms with E-state index in [2.05, 4.69) is 17.6 Å². The highest BCUT2D eigenvalue weighted by molar-refractivity contribution is 5.82. The molecule has 0 aromatic heterocycles. The second-order valence-corrected chi connectivity index (χ2v) is 5.64. The van der Waals surface area contributed by atoms with Crippen molar-refractivity contribution in [3.8, 4) is 0 Å². The molecule has 2 fully saturated rings. The third kappa shape index (κ3) is 3.70. The first-order valence-electron chi connectivity index (χ1n) is 7.33. The number of rotatable bonds is 3. The molecule has 2 aliphatic rings. The van der Waals surface area contributed by atoms with Gasteiger partial charge in [0.25, 0.3) is 0 Å². The van der Waals surface area contributed by atoms with Crippen molar-refractivity contribution >= 4 is 5.91 Å². The van der Waals surface area contributed by atoms with Crippen molar-refractivity contribution in [3.63, 3.8) is 0 Å². The van der Waals surface area contributed by atoms with E-state index in [0.717, 1.165) is 18.9 Å². The summed E-state index contributed by atoms with van der Waals surface area (Å²) in [6, 6.07) is 0.515. The number of hydrogen-bond acceptors (Lipinski definition) is 2. The average Bonchev–Trinajstić information content (AvgIpc) is 2.40. The predicted octanol–water partition coefficient (Wildman–Crippen LogP) is 2.21. The number of hydrogen-bond donors (Lipinski definition) is 2. The average molecular weight is 238 g/mol. The van der Waals surface area contributed by atoms with E-state index in [-0.39, 0.29) is 11.9 Å². The summed E-state index contributed by atoms with van der Waals surface area (Å²) in [6.07, 6.45) is 9.65. The van der Waals surface area contributed by atoms with Crippen LogP contribution in [0.1, 0.15) is 58.3 Å². The minimum Gasteiger partial charge on any atom is -0.352 e. The lowest BCUT2D eigenvalue weighted by atomic mass is 9.84. The van der Waals surface area contributed by atoms with Gasteiger partial charge in [-0.2, -0.15) is 0 Å². The molecule has 1 atom stereocenters. The number of piperidine rings is 1. The summed E-state index contributed by atoms with van der Waals surface area (Å²) in [7, 11) is 0. The summed E-state index contributed by atoms with van der Waals surface area (Å²) in [5.41, 5.74) is 0. The topological polar surface area (TPSA) is 41.1 Å². The van der Waals surface area contributed by atoms with Crippen molar-refractivity contribution < 1.29 is 4.79 Å². The Labute approximate surface area is 105 Å². The van der Waals surface area contributed by atoms with E-state index < -0.39 is 0 Å². The molecule has 1 saturated heterocycles. The molecule has 98 valence electrons. The van der Waals surface area contributed by atoms with Crippen LogP contribution in [0.25, 0.3) is 0 Å². The number of carbonyl (C=O) groups excluding carboxylic acids is 1. The summed E-state index contributed by atoms with van der Waals surface area (Å²) in [6.45, 7) is 3.27. The van der Waals surface area contributed by atoms with E-state index in [1.807, 2.05) is 0 Å². The van der Waals surface area contributed by atoms with Crippen LogP contribution in [-0.2, 0) is 4.79 Å². The molecule has 0 aromatic rings. The van der Waals surface area contributed by atoms with Gasteiger partial charge in [-0.05, 0) is 51.0 Å². The van der Waals surface area contributed by atoms with E-state index >= 15 is 0 Å². The molecule has 3 heteroatoms. The van der Waals surface area contributed by atoms with Crippen molar-refractivity contribution in [1.29, 1.82) is 0 Å². The van der Waals surface area contributed by atoms with Gasteiger partial charge in [0, 0.05) is 6.04 Å². The monoisotopic (exact) mass is 238 g/mol. The van der Waals surface area contributed by atoms with Gasteiger partial charge in [0.05, 0.1) is 6.04 Å². The summed E-state index contributed by atoms with van der Waals surface area (Å²) in [5.74, 6) is 1.14. The van der Waals surface area contributed by atoms with Gasteiger partial charge in [-0.15, -0.1) is 0 Å². The fourth-order valence-electron chi connectivity index (χ4n) is 3.09. The molecule has 3 nitrogen and oxygen atoms in total. The molecular weight excluding hydrogens is 212 g/mol. The second kappa shape index (κ2) is 6.39. The zero-order valence-corrected chi connectivity index (χ0v) is 11.0. The van der Waals surface area contributed by atoms with E-state index in [1.165, 1.54) is 44.9 Å². The lowest BCUT2D eigenvalue weighted by molar-refractivity contribution is -0.124. The van der Waals surface area contributed by atoms with Crippen LogP contribution in [-0.4, -0.2) is 24.5 Å². The molecule has 1 amide bonds. The Balaban J connectivity index is 1.71. The number of amides is 1. The molecule has 1 aliphatic carbocycles. The highest BCUT2D eigenvalue weighted by Gasteiger charge is 2.25. The molecule has 2 rings (SSSR count). The number of nitrogens with one attached hydrogen (secondary N) is 2. The molecule has 1 saturated carbocycles. The molecular formula is C14H26N2O. The second-order valence-electron chi connectivity index (χ2n) is 5.64. The largest absolute Gasteiger partial charge is 0.352 e. The van der Waals surface area contributed by atoms with Crippen LogP contribution < -0.4 is 10.6 Å². The first-order chi connectivity index (χ1) is 8.29. The van der Waals surface area contributed by atoms with Crippen LogP contribution >= 0.6 is 0 Å². The van der Waals surface area contributed by atoms with Crippen molar-refractivity contribution in [3.05, 3.63) is 0 Å². The standard InChI is InChI=1S/C14H26N2O/c1-2-11-6-8-12(9-7-11)16-14(17)13-5-3-4-10-15-13/h11-13,15H,2-10H2,1H3,(H,16,17). The van der Waals surface area contributed by atoms with Crippen LogP contribution in [0.2, 0.25) is 0 Å². The quantitative estimate of drug-likeness (QED) is 0.791. The smallest absolute Gasteiger partial charge is 0.237 e. The Morgan fingerprint density at radius 2 is 1.94 bits per heavy atom. The summed E-state index contributed by atoms with van der Waals surface area (Å²) in [4.78, 5) is 12.0. The molecule has 0 aromatic carbocycles. The van der Waals surface area contributed by atoms with E-state index in [4.69, 9.17) is 0 Å². The maximum absolute atomic E-state index is 12.0. The first kappa shape index (κ1) is 12.9. The third-order valence-electron chi connectivity index (χ3n) is 4.40. The Morgan fingerprint density at radius 1 is 1.18 bits per heavy atom. The zero-order valence-electron chi connectivity index (χ0n) is 11.0. The minimum absolute atomic E-state index is 0.0765. The Kier molecular flexibility index (Phi) is 4.84. The van der Waals surface area contributed by atoms with Gasteiger partial charge < -0.3 is 10.6 Å². The maximum Gasteiger partial charge on any atom is 0.237 e. The van der Waals surface area contributed by atoms with Crippen LogP contribution in [0.5, 0.6) is 0 Å². The van der Waals surface area contributed by atoms with Gasteiger partial charge in [0.2, 0.25) is 5.91 Å².